The standard InChI is InChI=1S/C14H22ClN5/c15-13-12(16)14(18-10-17-13)20-7-3-11(4-8-20)9-19-5-1-2-6-19/h10-11H,1-9,16H2. The second-order valence-electron chi connectivity index (χ2n) is 5.84. The summed E-state index contributed by atoms with van der Waals surface area (Å²) in [5, 5.41) is 0.356. The lowest BCUT2D eigenvalue weighted by molar-refractivity contribution is 0.249. The Bertz CT molecular complexity index is 453. The van der Waals surface area contributed by atoms with Gasteiger partial charge in [-0.3, -0.25) is 0 Å². The summed E-state index contributed by atoms with van der Waals surface area (Å²) in [4.78, 5) is 13.0. The van der Waals surface area contributed by atoms with Crippen molar-refractivity contribution >= 4 is 23.1 Å². The third kappa shape index (κ3) is 2.99. The van der Waals surface area contributed by atoms with Crippen molar-refractivity contribution in [3.05, 3.63) is 11.5 Å². The first-order valence-corrected chi connectivity index (χ1v) is 7.85. The summed E-state index contributed by atoms with van der Waals surface area (Å²) >= 11 is 5.97. The molecule has 0 atom stereocenters. The number of nitrogens with zero attached hydrogens (tertiary/aromatic N) is 4. The first-order valence-electron chi connectivity index (χ1n) is 7.47. The molecule has 0 unspecified atom stereocenters. The fraction of sp³-hybridized carbons (Fsp3) is 0.714. The van der Waals surface area contributed by atoms with Gasteiger partial charge in [-0.15, -0.1) is 0 Å². The van der Waals surface area contributed by atoms with E-state index in [0.29, 0.717) is 10.8 Å². The number of anilines is 2. The van der Waals surface area contributed by atoms with Gasteiger partial charge in [0.25, 0.3) is 0 Å². The minimum absolute atomic E-state index is 0.356. The maximum absolute atomic E-state index is 5.97. The zero-order valence-corrected chi connectivity index (χ0v) is 12.5. The highest BCUT2D eigenvalue weighted by Gasteiger charge is 2.24. The van der Waals surface area contributed by atoms with Crippen molar-refractivity contribution in [2.45, 2.75) is 25.7 Å². The molecule has 1 aromatic rings. The number of piperidine rings is 1. The number of rotatable bonds is 3. The zero-order valence-electron chi connectivity index (χ0n) is 11.8. The molecule has 2 aliphatic heterocycles. The van der Waals surface area contributed by atoms with E-state index in [2.05, 4.69) is 19.8 Å². The molecule has 0 spiro atoms. The third-order valence-electron chi connectivity index (χ3n) is 4.44. The van der Waals surface area contributed by atoms with Gasteiger partial charge in [-0.1, -0.05) is 11.6 Å². The first kappa shape index (κ1) is 13.9. The van der Waals surface area contributed by atoms with Crippen LogP contribution in [0.15, 0.2) is 6.33 Å². The molecule has 5 nitrogen and oxygen atoms in total. The molecule has 0 amide bonds. The van der Waals surface area contributed by atoms with Crippen LogP contribution in [0.3, 0.4) is 0 Å². The molecule has 2 saturated heterocycles. The van der Waals surface area contributed by atoms with Crippen molar-refractivity contribution in [2.75, 3.05) is 43.4 Å². The molecule has 1 aromatic heterocycles. The van der Waals surface area contributed by atoms with E-state index in [0.717, 1.165) is 24.8 Å². The Morgan fingerprint density at radius 2 is 1.85 bits per heavy atom. The van der Waals surface area contributed by atoms with Crippen molar-refractivity contribution in [3.8, 4) is 0 Å². The van der Waals surface area contributed by atoms with Crippen LogP contribution < -0.4 is 10.6 Å². The number of aromatic nitrogens is 2. The van der Waals surface area contributed by atoms with Crippen LogP contribution in [-0.2, 0) is 0 Å². The molecule has 0 saturated carbocycles. The van der Waals surface area contributed by atoms with Gasteiger partial charge in [0.15, 0.2) is 11.0 Å². The van der Waals surface area contributed by atoms with Gasteiger partial charge in [0.2, 0.25) is 0 Å². The molecule has 20 heavy (non-hydrogen) atoms. The first-order chi connectivity index (χ1) is 9.74. The molecule has 0 bridgehead atoms. The summed E-state index contributed by atoms with van der Waals surface area (Å²) in [5.74, 6) is 1.60. The van der Waals surface area contributed by atoms with E-state index in [-0.39, 0.29) is 0 Å². The predicted octanol–water partition coefficient (Wildman–Crippen LogP) is 2.02. The second-order valence-corrected chi connectivity index (χ2v) is 6.20. The van der Waals surface area contributed by atoms with Gasteiger partial charge < -0.3 is 15.5 Å². The predicted molar refractivity (Wildman–Crippen MR) is 82.1 cm³/mol. The molecule has 2 aliphatic rings. The van der Waals surface area contributed by atoms with Gasteiger partial charge in [-0.25, -0.2) is 9.97 Å². The smallest absolute Gasteiger partial charge is 0.157 e. The maximum Gasteiger partial charge on any atom is 0.157 e. The second kappa shape index (κ2) is 6.14. The van der Waals surface area contributed by atoms with Gasteiger partial charge in [0.1, 0.15) is 12.0 Å². The highest BCUT2D eigenvalue weighted by atomic mass is 35.5. The highest BCUT2D eigenvalue weighted by molar-refractivity contribution is 6.32. The molecule has 0 aromatic carbocycles. The van der Waals surface area contributed by atoms with Gasteiger partial charge in [-0.05, 0) is 44.7 Å². The van der Waals surface area contributed by atoms with E-state index in [1.54, 1.807) is 0 Å². The molecule has 3 heterocycles. The summed E-state index contributed by atoms with van der Waals surface area (Å²) in [5.41, 5.74) is 6.48. The normalized spacial score (nSPS) is 21.6. The van der Waals surface area contributed by atoms with E-state index in [1.165, 1.54) is 51.6 Å². The van der Waals surface area contributed by atoms with E-state index < -0.39 is 0 Å². The minimum Gasteiger partial charge on any atom is -0.393 e. The van der Waals surface area contributed by atoms with Crippen LogP contribution in [0.2, 0.25) is 5.15 Å². The van der Waals surface area contributed by atoms with Crippen molar-refractivity contribution < 1.29 is 0 Å². The van der Waals surface area contributed by atoms with E-state index in [9.17, 15) is 0 Å². The third-order valence-corrected chi connectivity index (χ3v) is 4.74. The Balaban J connectivity index is 1.56. The molecule has 0 radical (unpaired) electrons. The van der Waals surface area contributed by atoms with Crippen molar-refractivity contribution in [3.63, 3.8) is 0 Å². The lowest BCUT2D eigenvalue weighted by Crippen LogP contribution is -2.38. The molecular weight excluding hydrogens is 274 g/mol. The lowest BCUT2D eigenvalue weighted by Gasteiger charge is -2.34. The topological polar surface area (TPSA) is 58.3 Å². The van der Waals surface area contributed by atoms with E-state index >= 15 is 0 Å². The SMILES string of the molecule is Nc1c(Cl)ncnc1N1CCC(CN2CCCC2)CC1. The van der Waals surface area contributed by atoms with Gasteiger partial charge in [-0.2, -0.15) is 0 Å². The molecule has 3 rings (SSSR count). The van der Waals surface area contributed by atoms with Gasteiger partial charge in [0.05, 0.1) is 0 Å². The molecule has 110 valence electrons. The molecule has 0 aliphatic carbocycles. The summed E-state index contributed by atoms with van der Waals surface area (Å²) in [6, 6.07) is 0. The monoisotopic (exact) mass is 295 g/mol. The van der Waals surface area contributed by atoms with Crippen LogP contribution in [0.1, 0.15) is 25.7 Å². The van der Waals surface area contributed by atoms with Crippen LogP contribution in [-0.4, -0.2) is 47.6 Å². The fourth-order valence-electron chi connectivity index (χ4n) is 3.28. The largest absolute Gasteiger partial charge is 0.393 e. The van der Waals surface area contributed by atoms with Crippen LogP contribution >= 0.6 is 11.6 Å². The van der Waals surface area contributed by atoms with Crippen molar-refractivity contribution in [1.29, 1.82) is 0 Å². The Morgan fingerprint density at radius 3 is 2.55 bits per heavy atom. The minimum atomic E-state index is 0.356. The summed E-state index contributed by atoms with van der Waals surface area (Å²) < 4.78 is 0. The number of hydrogen-bond acceptors (Lipinski definition) is 5. The summed E-state index contributed by atoms with van der Waals surface area (Å²) in [6.45, 7) is 5.85. The van der Waals surface area contributed by atoms with Crippen LogP contribution in [0.25, 0.3) is 0 Å². The van der Waals surface area contributed by atoms with Gasteiger partial charge >= 0.3 is 0 Å². The Labute approximate surface area is 125 Å². The summed E-state index contributed by atoms with van der Waals surface area (Å²) in [6.07, 6.45) is 6.64. The zero-order chi connectivity index (χ0) is 13.9. The Hall–Kier alpha value is -1.07. The quantitative estimate of drug-likeness (QED) is 0.865. The fourth-order valence-corrected chi connectivity index (χ4v) is 3.40. The number of halogens is 1. The van der Waals surface area contributed by atoms with E-state index in [4.69, 9.17) is 17.3 Å². The van der Waals surface area contributed by atoms with Crippen molar-refractivity contribution in [1.82, 2.24) is 14.9 Å². The summed E-state index contributed by atoms with van der Waals surface area (Å²) in [7, 11) is 0. The molecule has 2 N–H and O–H groups in total. The average molecular weight is 296 g/mol. The number of nitrogens with two attached hydrogens (primary N) is 1. The molecule has 6 heteroatoms. The van der Waals surface area contributed by atoms with Crippen LogP contribution in [0.4, 0.5) is 11.5 Å². The van der Waals surface area contributed by atoms with Crippen LogP contribution in [0.5, 0.6) is 0 Å². The molecule has 2 fully saturated rings. The van der Waals surface area contributed by atoms with Crippen molar-refractivity contribution in [2.24, 2.45) is 5.92 Å². The van der Waals surface area contributed by atoms with Gasteiger partial charge in [0, 0.05) is 19.6 Å². The van der Waals surface area contributed by atoms with E-state index in [1.807, 2.05) is 0 Å². The molecular formula is C14H22ClN5. The lowest BCUT2D eigenvalue weighted by atomic mass is 9.96. The number of likely N-dealkylation sites (tertiary alicyclic amines) is 1. The average Bonchev–Trinajstić information content (AvgIpc) is 2.96. The highest BCUT2D eigenvalue weighted by Crippen LogP contribution is 2.29. The maximum atomic E-state index is 5.97. The Kier molecular flexibility index (Phi) is 4.27. The number of hydrogen-bond donors (Lipinski definition) is 1. The number of nitrogen functional groups attached to an aromatic ring is 1. The Morgan fingerprint density at radius 1 is 1.15 bits per heavy atom. The van der Waals surface area contributed by atoms with Crippen LogP contribution in [0, 0.1) is 5.92 Å².